The summed E-state index contributed by atoms with van der Waals surface area (Å²) >= 11 is 0. The molecule has 3 aromatic rings. The van der Waals surface area contributed by atoms with Gasteiger partial charge in [-0.3, -0.25) is 9.10 Å². The Balaban J connectivity index is 1.43. The maximum absolute atomic E-state index is 13.5. The Morgan fingerprint density at radius 2 is 1.73 bits per heavy atom. The van der Waals surface area contributed by atoms with E-state index in [1.807, 2.05) is 38.1 Å². The number of amides is 1. The molecule has 3 aromatic carbocycles. The van der Waals surface area contributed by atoms with E-state index in [9.17, 15) is 13.2 Å². The largest absolute Gasteiger partial charge is 0.491 e. The number of benzene rings is 3. The summed E-state index contributed by atoms with van der Waals surface area (Å²) in [5.41, 5.74) is 1.43. The second-order valence-electron chi connectivity index (χ2n) is 8.92. The molecule has 0 fully saturated rings. The molecule has 4 rings (SSSR count). The molecule has 0 bridgehead atoms. The lowest BCUT2D eigenvalue weighted by Gasteiger charge is -2.26. The zero-order chi connectivity index (χ0) is 26.3. The molecule has 9 heteroatoms. The van der Waals surface area contributed by atoms with Crippen molar-refractivity contribution in [3.8, 4) is 17.2 Å². The molecule has 196 valence electrons. The minimum atomic E-state index is -4.00. The first-order valence-electron chi connectivity index (χ1n) is 12.3. The molecular weight excluding hydrogens is 492 g/mol. The van der Waals surface area contributed by atoms with Crippen LogP contribution in [0, 0.1) is 0 Å². The van der Waals surface area contributed by atoms with Crippen LogP contribution in [-0.2, 0) is 21.2 Å². The highest BCUT2D eigenvalue weighted by molar-refractivity contribution is 7.92. The lowest BCUT2D eigenvalue weighted by Crippen LogP contribution is -2.41. The molecule has 0 unspecified atom stereocenters. The Morgan fingerprint density at radius 3 is 2.49 bits per heavy atom. The van der Waals surface area contributed by atoms with Gasteiger partial charge >= 0.3 is 0 Å². The van der Waals surface area contributed by atoms with Crippen molar-refractivity contribution in [3.63, 3.8) is 0 Å². The Bertz CT molecular complexity index is 1310. The molecule has 8 nitrogen and oxygen atoms in total. The summed E-state index contributed by atoms with van der Waals surface area (Å²) < 4.78 is 45.1. The molecule has 0 aromatic heterocycles. The van der Waals surface area contributed by atoms with Crippen LogP contribution in [0.1, 0.15) is 25.8 Å². The summed E-state index contributed by atoms with van der Waals surface area (Å²) in [6.07, 6.45) is 1.55. The van der Waals surface area contributed by atoms with Crippen LogP contribution in [0.5, 0.6) is 17.2 Å². The number of sulfonamides is 1. The minimum absolute atomic E-state index is 0.0962. The molecule has 0 atom stereocenters. The number of ether oxygens (including phenoxy) is 3. The van der Waals surface area contributed by atoms with Crippen LogP contribution in [0.2, 0.25) is 0 Å². The van der Waals surface area contributed by atoms with Crippen molar-refractivity contribution in [1.29, 1.82) is 0 Å². The SMILES string of the molecule is CC(C)Oc1cccc(CCCNC(=O)CN(c2ccc3c(c2)OCCO3)S(=O)(=O)c2ccccc2)c1. The number of hydrogen-bond acceptors (Lipinski definition) is 6. The summed E-state index contributed by atoms with van der Waals surface area (Å²) in [6, 6.07) is 20.8. The molecule has 1 aliphatic heterocycles. The van der Waals surface area contributed by atoms with E-state index >= 15 is 0 Å². The molecule has 0 saturated carbocycles. The summed E-state index contributed by atoms with van der Waals surface area (Å²) in [4.78, 5) is 13.0. The average molecular weight is 525 g/mol. The zero-order valence-corrected chi connectivity index (χ0v) is 21.9. The maximum Gasteiger partial charge on any atom is 0.264 e. The third-order valence-electron chi connectivity index (χ3n) is 5.67. The number of nitrogens with zero attached hydrogens (tertiary/aromatic N) is 1. The van der Waals surface area contributed by atoms with E-state index < -0.39 is 15.9 Å². The summed E-state index contributed by atoms with van der Waals surface area (Å²) in [6.45, 7) is 4.80. The number of aryl methyl sites for hydroxylation is 1. The Hall–Kier alpha value is -3.72. The van der Waals surface area contributed by atoms with E-state index in [4.69, 9.17) is 14.2 Å². The zero-order valence-electron chi connectivity index (χ0n) is 21.1. The Morgan fingerprint density at radius 1 is 0.973 bits per heavy atom. The number of hydrogen-bond donors (Lipinski definition) is 1. The van der Waals surface area contributed by atoms with E-state index in [0.717, 1.165) is 22.0 Å². The van der Waals surface area contributed by atoms with Crippen molar-refractivity contribution in [2.24, 2.45) is 0 Å². The molecule has 0 spiro atoms. The molecule has 1 aliphatic rings. The Labute approximate surface area is 218 Å². The summed E-state index contributed by atoms with van der Waals surface area (Å²) in [5.74, 6) is 1.41. The maximum atomic E-state index is 13.5. The molecule has 0 radical (unpaired) electrons. The predicted octanol–water partition coefficient (Wildman–Crippen LogP) is 4.19. The van der Waals surface area contributed by atoms with Crippen molar-refractivity contribution >= 4 is 21.6 Å². The second kappa shape index (κ2) is 12.0. The van der Waals surface area contributed by atoms with Gasteiger partial charge in [0.15, 0.2) is 11.5 Å². The van der Waals surface area contributed by atoms with Crippen molar-refractivity contribution in [2.75, 3.05) is 30.6 Å². The molecule has 0 saturated heterocycles. The van der Waals surface area contributed by atoms with Crippen molar-refractivity contribution in [1.82, 2.24) is 5.32 Å². The summed E-state index contributed by atoms with van der Waals surface area (Å²) in [5, 5.41) is 2.85. The van der Waals surface area contributed by atoms with Gasteiger partial charge in [-0.05, 0) is 68.7 Å². The average Bonchev–Trinajstić information content (AvgIpc) is 2.90. The van der Waals surface area contributed by atoms with Crippen LogP contribution >= 0.6 is 0 Å². The van der Waals surface area contributed by atoms with Crippen LogP contribution in [-0.4, -0.2) is 46.7 Å². The fourth-order valence-electron chi connectivity index (χ4n) is 3.98. The van der Waals surface area contributed by atoms with Gasteiger partial charge in [-0.15, -0.1) is 0 Å². The lowest BCUT2D eigenvalue weighted by molar-refractivity contribution is -0.119. The van der Waals surface area contributed by atoms with Gasteiger partial charge < -0.3 is 19.5 Å². The van der Waals surface area contributed by atoms with E-state index in [1.54, 1.807) is 36.4 Å². The number of carbonyl (C=O) groups is 1. The highest BCUT2D eigenvalue weighted by Gasteiger charge is 2.28. The monoisotopic (exact) mass is 524 g/mol. The van der Waals surface area contributed by atoms with E-state index in [1.165, 1.54) is 12.1 Å². The van der Waals surface area contributed by atoms with Crippen molar-refractivity contribution in [3.05, 3.63) is 78.4 Å². The van der Waals surface area contributed by atoms with Gasteiger partial charge in [0.2, 0.25) is 5.91 Å². The normalized spacial score (nSPS) is 12.7. The Kier molecular flexibility index (Phi) is 8.55. The van der Waals surface area contributed by atoms with Crippen LogP contribution in [0.4, 0.5) is 5.69 Å². The molecule has 1 heterocycles. The van der Waals surface area contributed by atoms with E-state index in [2.05, 4.69) is 5.32 Å². The van der Waals surface area contributed by atoms with Gasteiger partial charge in [0.05, 0.1) is 16.7 Å². The third kappa shape index (κ3) is 6.95. The number of nitrogens with one attached hydrogen (secondary N) is 1. The van der Waals surface area contributed by atoms with Crippen molar-refractivity contribution < 1.29 is 27.4 Å². The van der Waals surface area contributed by atoms with Crippen LogP contribution in [0.3, 0.4) is 0 Å². The fourth-order valence-corrected chi connectivity index (χ4v) is 5.41. The third-order valence-corrected chi connectivity index (χ3v) is 7.45. The van der Waals surface area contributed by atoms with E-state index in [-0.39, 0.29) is 17.5 Å². The predicted molar refractivity (Wildman–Crippen MR) is 142 cm³/mol. The smallest absolute Gasteiger partial charge is 0.264 e. The van der Waals surface area contributed by atoms with Crippen LogP contribution in [0.25, 0.3) is 0 Å². The second-order valence-corrected chi connectivity index (χ2v) is 10.8. The van der Waals surface area contributed by atoms with Gasteiger partial charge in [0, 0.05) is 12.6 Å². The first kappa shape index (κ1) is 26.3. The standard InChI is InChI=1S/C28H32N2O6S/c1-21(2)36-24-10-6-8-22(18-24)9-7-15-29-28(31)20-30(37(32,33)25-11-4-3-5-12-25)23-13-14-26-27(19-23)35-17-16-34-26/h3-6,8,10-14,18-19,21H,7,9,15-17,20H2,1-2H3,(H,29,31). The number of rotatable bonds is 11. The molecule has 37 heavy (non-hydrogen) atoms. The van der Waals surface area contributed by atoms with Crippen molar-refractivity contribution in [2.45, 2.75) is 37.7 Å². The number of anilines is 1. The van der Waals surface area contributed by atoms with Crippen LogP contribution < -0.4 is 23.8 Å². The quantitative estimate of drug-likeness (QED) is 0.378. The lowest BCUT2D eigenvalue weighted by atomic mass is 10.1. The van der Waals surface area contributed by atoms with Gasteiger partial charge in [-0.2, -0.15) is 0 Å². The van der Waals surface area contributed by atoms with Gasteiger partial charge in [0.1, 0.15) is 25.5 Å². The summed E-state index contributed by atoms with van der Waals surface area (Å²) in [7, 11) is -4.00. The first-order valence-corrected chi connectivity index (χ1v) is 13.8. The highest BCUT2D eigenvalue weighted by Crippen LogP contribution is 2.35. The molecule has 0 aliphatic carbocycles. The number of carbonyl (C=O) groups excluding carboxylic acids is 1. The van der Waals surface area contributed by atoms with Gasteiger partial charge in [0.25, 0.3) is 10.0 Å². The van der Waals surface area contributed by atoms with Gasteiger partial charge in [-0.1, -0.05) is 30.3 Å². The highest BCUT2D eigenvalue weighted by atomic mass is 32.2. The molecule has 1 amide bonds. The first-order chi connectivity index (χ1) is 17.8. The fraction of sp³-hybridized carbons (Fsp3) is 0.321. The topological polar surface area (TPSA) is 94.2 Å². The molecule has 1 N–H and O–H groups in total. The molecular formula is C28H32N2O6S. The minimum Gasteiger partial charge on any atom is -0.491 e. The number of fused-ring (bicyclic) bond motifs is 1. The van der Waals surface area contributed by atoms with Crippen LogP contribution in [0.15, 0.2) is 77.7 Å². The van der Waals surface area contributed by atoms with Gasteiger partial charge in [-0.25, -0.2) is 8.42 Å². The van der Waals surface area contributed by atoms with E-state index in [0.29, 0.717) is 43.4 Å².